The normalized spacial score (nSPS) is 13.0. The van der Waals surface area contributed by atoms with E-state index in [-0.39, 0.29) is 0 Å². The number of hydrogen-bond acceptors (Lipinski definition) is 4. The maximum absolute atomic E-state index is 7.07. The van der Waals surface area contributed by atoms with Crippen LogP contribution in [0.4, 0.5) is 0 Å². The predicted molar refractivity (Wildman–Crippen MR) is 271 cm³/mol. The van der Waals surface area contributed by atoms with Gasteiger partial charge in [-0.15, -0.1) is 0 Å². The minimum Gasteiger partial charge on any atom is -0.457 e. The van der Waals surface area contributed by atoms with E-state index in [2.05, 4.69) is 211 Å². The number of hydrogen-bond donors (Lipinski definition) is 0. The second-order valence-corrected chi connectivity index (χ2v) is 17.5. The van der Waals surface area contributed by atoms with Gasteiger partial charge < -0.3 is 9.30 Å². The van der Waals surface area contributed by atoms with Gasteiger partial charge in [-0.05, 0) is 63.0 Å². The van der Waals surface area contributed by atoms with Crippen molar-refractivity contribution in [2.75, 3.05) is 0 Å². The Kier molecular flexibility index (Phi) is 8.13. The summed E-state index contributed by atoms with van der Waals surface area (Å²) in [6, 6.07) is 82.0. The summed E-state index contributed by atoms with van der Waals surface area (Å²) in [5.74, 6) is 3.54. The lowest BCUT2D eigenvalue weighted by atomic mass is 9.66. The standard InChI is InChI=1S/C62H38N4O/c1-3-16-39(17-4-1)40-30-32-43(33-31-40)60-63-59(42-19-5-2-6-20-42)64-61(65-60)44-21-15-22-45(36-44)66-55-38-57-54(37-50(55)49-35-34-41-18-7-8-23-46(41)58(49)66)62(53-28-13-14-29-56(53)67-57)51-26-11-9-24-47(51)48-25-10-12-27-52(48)62/h1-38H. The van der Waals surface area contributed by atoms with Crippen LogP contribution in [0.1, 0.15) is 22.3 Å². The summed E-state index contributed by atoms with van der Waals surface area (Å²) in [7, 11) is 0. The smallest absolute Gasteiger partial charge is 0.164 e. The molecule has 1 aliphatic carbocycles. The molecule has 0 amide bonds. The van der Waals surface area contributed by atoms with Gasteiger partial charge in [0.2, 0.25) is 0 Å². The van der Waals surface area contributed by atoms with E-state index in [1.54, 1.807) is 0 Å². The molecule has 3 heterocycles. The first-order valence-electron chi connectivity index (χ1n) is 22.8. The molecule has 0 N–H and O–H groups in total. The second-order valence-electron chi connectivity index (χ2n) is 17.5. The average molecular weight is 855 g/mol. The third kappa shape index (κ3) is 5.58. The lowest BCUT2D eigenvalue weighted by Crippen LogP contribution is -2.32. The molecule has 0 atom stereocenters. The van der Waals surface area contributed by atoms with Crippen LogP contribution in [0, 0.1) is 0 Å². The number of rotatable bonds is 5. The highest BCUT2D eigenvalue weighted by atomic mass is 16.5. The minimum absolute atomic E-state index is 0.578. The molecule has 0 radical (unpaired) electrons. The van der Waals surface area contributed by atoms with Gasteiger partial charge in [-0.1, -0.05) is 200 Å². The summed E-state index contributed by atoms with van der Waals surface area (Å²) in [5, 5.41) is 4.67. The van der Waals surface area contributed by atoms with Crippen molar-refractivity contribution in [1.29, 1.82) is 0 Å². The number of fused-ring (bicyclic) bond motifs is 14. The van der Waals surface area contributed by atoms with Gasteiger partial charge in [-0.3, -0.25) is 0 Å². The summed E-state index contributed by atoms with van der Waals surface area (Å²) in [6.07, 6.45) is 0. The third-order valence-corrected chi connectivity index (χ3v) is 13.9. The number of nitrogens with zero attached hydrogens (tertiary/aromatic N) is 4. The quantitative estimate of drug-likeness (QED) is 0.173. The number of benzene rings is 10. The van der Waals surface area contributed by atoms with Gasteiger partial charge in [0.25, 0.3) is 0 Å². The van der Waals surface area contributed by atoms with E-state index in [1.807, 2.05) is 24.3 Å². The van der Waals surface area contributed by atoms with Gasteiger partial charge in [0.15, 0.2) is 17.5 Å². The van der Waals surface area contributed by atoms with Crippen LogP contribution in [0.5, 0.6) is 11.5 Å². The van der Waals surface area contributed by atoms with Crippen molar-refractivity contribution >= 4 is 32.6 Å². The molecule has 312 valence electrons. The molecular weight excluding hydrogens is 817 g/mol. The van der Waals surface area contributed by atoms with Gasteiger partial charge in [-0.2, -0.15) is 0 Å². The van der Waals surface area contributed by atoms with E-state index in [9.17, 15) is 0 Å². The maximum atomic E-state index is 7.07. The molecule has 0 saturated carbocycles. The zero-order chi connectivity index (χ0) is 44.1. The molecule has 5 nitrogen and oxygen atoms in total. The summed E-state index contributed by atoms with van der Waals surface area (Å²) in [6.45, 7) is 0. The minimum atomic E-state index is -0.578. The lowest BCUT2D eigenvalue weighted by Gasteiger charge is -2.39. The highest BCUT2D eigenvalue weighted by Gasteiger charge is 2.51. The van der Waals surface area contributed by atoms with E-state index in [0.717, 1.165) is 72.6 Å². The van der Waals surface area contributed by atoms with Crippen molar-refractivity contribution in [1.82, 2.24) is 19.5 Å². The summed E-state index contributed by atoms with van der Waals surface area (Å²) < 4.78 is 9.48. The first-order chi connectivity index (χ1) is 33.2. The monoisotopic (exact) mass is 854 g/mol. The Hall–Kier alpha value is -8.93. The zero-order valence-corrected chi connectivity index (χ0v) is 36.1. The van der Waals surface area contributed by atoms with Crippen LogP contribution in [-0.2, 0) is 5.41 Å². The highest BCUT2D eigenvalue weighted by molar-refractivity contribution is 6.19. The Labute approximate surface area is 386 Å². The molecule has 2 aliphatic rings. The molecular formula is C62H38N4O. The van der Waals surface area contributed by atoms with E-state index >= 15 is 0 Å². The van der Waals surface area contributed by atoms with Crippen LogP contribution >= 0.6 is 0 Å². The zero-order valence-electron chi connectivity index (χ0n) is 36.1. The predicted octanol–water partition coefficient (Wildman–Crippen LogP) is 15.3. The molecule has 0 saturated heterocycles. The molecule has 0 unspecified atom stereocenters. The number of para-hydroxylation sites is 1. The van der Waals surface area contributed by atoms with Crippen LogP contribution in [0.3, 0.4) is 0 Å². The van der Waals surface area contributed by atoms with Crippen molar-refractivity contribution in [2.45, 2.75) is 5.41 Å². The third-order valence-electron chi connectivity index (χ3n) is 13.9. The molecule has 5 heteroatoms. The Balaban J connectivity index is 0.999. The summed E-state index contributed by atoms with van der Waals surface area (Å²) in [5.41, 5.74) is 15.0. The van der Waals surface area contributed by atoms with Crippen molar-refractivity contribution in [3.05, 3.63) is 253 Å². The fourth-order valence-electron chi connectivity index (χ4n) is 11.0. The van der Waals surface area contributed by atoms with Crippen LogP contribution in [0.2, 0.25) is 0 Å². The molecule has 1 aliphatic heterocycles. The molecule has 14 rings (SSSR count). The van der Waals surface area contributed by atoms with Gasteiger partial charge in [-0.25, -0.2) is 15.0 Å². The Morgan fingerprint density at radius 2 is 0.896 bits per heavy atom. The molecule has 12 aromatic rings. The van der Waals surface area contributed by atoms with Crippen molar-refractivity contribution in [3.63, 3.8) is 0 Å². The highest BCUT2D eigenvalue weighted by Crippen LogP contribution is 2.62. The molecule has 0 fully saturated rings. The fourth-order valence-corrected chi connectivity index (χ4v) is 11.0. The molecule has 2 aromatic heterocycles. The van der Waals surface area contributed by atoms with Gasteiger partial charge in [0, 0.05) is 55.7 Å². The second kappa shape index (κ2) is 14.5. The van der Waals surface area contributed by atoms with E-state index < -0.39 is 5.41 Å². The van der Waals surface area contributed by atoms with E-state index in [4.69, 9.17) is 19.7 Å². The van der Waals surface area contributed by atoms with Gasteiger partial charge >= 0.3 is 0 Å². The van der Waals surface area contributed by atoms with Crippen LogP contribution in [-0.4, -0.2) is 19.5 Å². The number of ether oxygens (including phenoxy) is 1. The van der Waals surface area contributed by atoms with E-state index in [1.165, 1.54) is 38.4 Å². The summed E-state index contributed by atoms with van der Waals surface area (Å²) in [4.78, 5) is 15.4. The largest absolute Gasteiger partial charge is 0.457 e. The topological polar surface area (TPSA) is 52.8 Å². The first kappa shape index (κ1) is 37.4. The van der Waals surface area contributed by atoms with Gasteiger partial charge in [0.05, 0.1) is 16.4 Å². The fraction of sp³-hybridized carbons (Fsp3) is 0.0161. The molecule has 1 spiro atoms. The Morgan fingerprint density at radius 3 is 1.63 bits per heavy atom. The van der Waals surface area contributed by atoms with Gasteiger partial charge in [0.1, 0.15) is 11.5 Å². The molecule has 10 aromatic carbocycles. The van der Waals surface area contributed by atoms with Crippen LogP contribution < -0.4 is 4.74 Å². The van der Waals surface area contributed by atoms with Crippen molar-refractivity contribution < 1.29 is 4.74 Å². The van der Waals surface area contributed by atoms with Crippen LogP contribution in [0.15, 0.2) is 231 Å². The molecule has 67 heavy (non-hydrogen) atoms. The van der Waals surface area contributed by atoms with Crippen LogP contribution in [0.25, 0.3) is 94.7 Å². The average Bonchev–Trinajstić information content (AvgIpc) is 3.89. The first-order valence-corrected chi connectivity index (χ1v) is 22.8. The summed E-state index contributed by atoms with van der Waals surface area (Å²) >= 11 is 0. The SMILES string of the molecule is c1ccc(-c2ccc(-c3nc(-c4ccccc4)nc(-c4cccc(-n5c6cc7c(cc6c6ccc8ccccc8c65)C5(c6ccccc6O7)c6ccccc6-c6ccccc65)c4)n3)cc2)cc1. The van der Waals surface area contributed by atoms with Crippen molar-refractivity contribution in [2.24, 2.45) is 0 Å². The number of aromatic nitrogens is 4. The Morgan fingerprint density at radius 1 is 0.343 bits per heavy atom. The van der Waals surface area contributed by atoms with E-state index in [0.29, 0.717) is 17.5 Å². The molecule has 0 bridgehead atoms. The van der Waals surface area contributed by atoms with Crippen molar-refractivity contribution in [3.8, 4) is 73.6 Å². The lowest BCUT2D eigenvalue weighted by molar-refractivity contribution is 0.437. The Bertz CT molecular complexity index is 3900. The maximum Gasteiger partial charge on any atom is 0.164 e.